The number of benzene rings is 11. The van der Waals surface area contributed by atoms with Crippen molar-refractivity contribution in [2.24, 2.45) is 0 Å². The average molecular weight is 893 g/mol. The Balaban J connectivity index is 0.942. The first-order chi connectivity index (χ1) is 34.7. The number of nitrogens with zero attached hydrogens (tertiary/aromatic N) is 2. The molecule has 3 nitrogen and oxygen atoms in total. The minimum atomic E-state index is -0.526. The normalized spacial score (nSPS) is 12.7. The van der Waals surface area contributed by atoms with E-state index in [1.54, 1.807) is 0 Å². The van der Waals surface area contributed by atoms with E-state index in [0.29, 0.717) is 0 Å². The quantitative estimate of drug-likeness (QED) is 0.152. The highest BCUT2D eigenvalue weighted by Gasteiger charge is 2.47. The summed E-state index contributed by atoms with van der Waals surface area (Å²) in [4.78, 5) is 2.35. The van der Waals surface area contributed by atoms with Crippen molar-refractivity contribution in [3.8, 4) is 39.1 Å². The molecule has 328 valence electrons. The monoisotopic (exact) mass is 892 g/mol. The zero-order chi connectivity index (χ0) is 46.2. The summed E-state index contributed by atoms with van der Waals surface area (Å²) in [6.45, 7) is 0. The van der Waals surface area contributed by atoms with E-state index >= 15 is 0 Å². The topological polar surface area (TPSA) is 21.3 Å². The van der Waals surface area contributed by atoms with Crippen LogP contribution in [0.3, 0.4) is 0 Å². The molecule has 13 aromatic rings. The fourth-order valence-electron chi connectivity index (χ4n) is 11.6. The molecule has 70 heavy (non-hydrogen) atoms. The SMILES string of the molecule is c1ccc(-c2ccc(N(c3ccc(-c4ccc5c(c4)c4ccccc4n5-c4ccccc4)cc3)c3cccc4c3oc3c5c(ccc34)C(c3ccccc3)(c3ccccc3)c3ccccc3-5)cc2)cc1. The minimum absolute atomic E-state index is 0.526. The van der Waals surface area contributed by atoms with Gasteiger partial charge in [-0.1, -0.05) is 206 Å². The number of furan rings is 1. The lowest BCUT2D eigenvalue weighted by molar-refractivity contribution is 0.669. The smallest absolute Gasteiger partial charge is 0.159 e. The summed E-state index contributed by atoms with van der Waals surface area (Å²) >= 11 is 0. The fraction of sp³-hybridized carbons (Fsp3) is 0.0149. The zero-order valence-corrected chi connectivity index (χ0v) is 38.2. The van der Waals surface area contributed by atoms with Crippen LogP contribution in [0.4, 0.5) is 17.1 Å². The van der Waals surface area contributed by atoms with Crippen LogP contribution in [0.25, 0.3) is 82.8 Å². The van der Waals surface area contributed by atoms with Crippen molar-refractivity contribution in [1.82, 2.24) is 4.57 Å². The van der Waals surface area contributed by atoms with Crippen LogP contribution >= 0.6 is 0 Å². The van der Waals surface area contributed by atoms with E-state index in [4.69, 9.17) is 4.42 Å². The Bertz CT molecular complexity index is 4040. The number of rotatable bonds is 8. The molecule has 11 aromatic carbocycles. The molecule has 14 rings (SSSR count). The fourth-order valence-corrected chi connectivity index (χ4v) is 11.6. The third-order valence-electron chi connectivity index (χ3n) is 14.7. The number of aromatic nitrogens is 1. The standard InChI is InChI=1S/C67H44N2O/c1-5-18-45(19-6-1)46-32-37-52(38-33-46)68(53-39-34-47(35-40-53)48-36-43-62-58(44-48)54-26-14-16-30-61(54)69(62)51-24-11-4-12-25-51)63-31-17-28-55-56-41-42-60-64(66(56)70-65(55)63)57-27-13-15-29-59(57)67(60,49-20-7-2-8-21-49)50-22-9-3-10-23-50/h1-44H. The van der Waals surface area contributed by atoms with Gasteiger partial charge in [0.25, 0.3) is 0 Å². The van der Waals surface area contributed by atoms with Gasteiger partial charge in [0.1, 0.15) is 5.58 Å². The molecule has 0 atom stereocenters. The lowest BCUT2D eigenvalue weighted by Gasteiger charge is -2.33. The summed E-state index contributed by atoms with van der Waals surface area (Å²) in [6, 6.07) is 96.8. The molecule has 0 spiro atoms. The third-order valence-corrected chi connectivity index (χ3v) is 14.7. The van der Waals surface area contributed by atoms with Gasteiger partial charge in [-0.3, -0.25) is 0 Å². The van der Waals surface area contributed by atoms with Crippen LogP contribution in [0.15, 0.2) is 271 Å². The largest absolute Gasteiger partial charge is 0.453 e. The Morgan fingerprint density at radius 2 is 0.871 bits per heavy atom. The Kier molecular flexibility index (Phi) is 9.11. The summed E-state index contributed by atoms with van der Waals surface area (Å²) in [5.41, 5.74) is 19.8. The minimum Gasteiger partial charge on any atom is -0.453 e. The molecule has 1 aliphatic carbocycles. The maximum atomic E-state index is 7.42. The van der Waals surface area contributed by atoms with Gasteiger partial charge in [-0.2, -0.15) is 0 Å². The third kappa shape index (κ3) is 6.01. The number of anilines is 3. The second kappa shape index (κ2) is 16.0. The van der Waals surface area contributed by atoms with Gasteiger partial charge in [0.15, 0.2) is 5.58 Å². The predicted octanol–water partition coefficient (Wildman–Crippen LogP) is 17.8. The van der Waals surface area contributed by atoms with Crippen molar-refractivity contribution < 1.29 is 4.42 Å². The molecule has 0 aliphatic heterocycles. The molecular weight excluding hydrogens is 849 g/mol. The molecule has 0 amide bonds. The van der Waals surface area contributed by atoms with E-state index in [-0.39, 0.29) is 0 Å². The molecular formula is C67H44N2O. The Hall–Kier alpha value is -9.18. The predicted molar refractivity (Wildman–Crippen MR) is 291 cm³/mol. The summed E-state index contributed by atoms with van der Waals surface area (Å²) in [5, 5.41) is 4.65. The van der Waals surface area contributed by atoms with Crippen LogP contribution in [-0.2, 0) is 5.41 Å². The van der Waals surface area contributed by atoms with Gasteiger partial charge in [-0.05, 0) is 111 Å². The van der Waals surface area contributed by atoms with Crippen molar-refractivity contribution in [3.63, 3.8) is 0 Å². The highest BCUT2D eigenvalue weighted by Crippen LogP contribution is 2.59. The van der Waals surface area contributed by atoms with Gasteiger partial charge >= 0.3 is 0 Å². The first kappa shape index (κ1) is 39.9. The highest BCUT2D eigenvalue weighted by atomic mass is 16.3. The molecule has 3 heteroatoms. The molecule has 0 bridgehead atoms. The van der Waals surface area contributed by atoms with Crippen molar-refractivity contribution in [3.05, 3.63) is 289 Å². The molecule has 0 radical (unpaired) electrons. The van der Waals surface area contributed by atoms with E-state index in [2.05, 4.69) is 276 Å². The van der Waals surface area contributed by atoms with Crippen LogP contribution < -0.4 is 4.90 Å². The van der Waals surface area contributed by atoms with Crippen LogP contribution in [-0.4, -0.2) is 4.57 Å². The number of para-hydroxylation sites is 3. The molecule has 0 saturated heterocycles. The average Bonchev–Trinajstić information content (AvgIpc) is 4.09. The lowest BCUT2D eigenvalue weighted by Crippen LogP contribution is -2.28. The molecule has 2 aromatic heterocycles. The lowest BCUT2D eigenvalue weighted by atomic mass is 9.68. The van der Waals surface area contributed by atoms with E-state index in [1.807, 2.05) is 0 Å². The van der Waals surface area contributed by atoms with Crippen molar-refractivity contribution in [1.29, 1.82) is 0 Å². The molecule has 0 fully saturated rings. The molecule has 0 saturated carbocycles. The van der Waals surface area contributed by atoms with E-state index < -0.39 is 5.41 Å². The first-order valence-corrected chi connectivity index (χ1v) is 24.1. The van der Waals surface area contributed by atoms with E-state index in [1.165, 1.54) is 66.3 Å². The van der Waals surface area contributed by atoms with Crippen LogP contribution in [0.5, 0.6) is 0 Å². The van der Waals surface area contributed by atoms with E-state index in [9.17, 15) is 0 Å². The van der Waals surface area contributed by atoms with Crippen LogP contribution in [0, 0.1) is 0 Å². The van der Waals surface area contributed by atoms with Crippen molar-refractivity contribution in [2.45, 2.75) is 5.41 Å². The molecule has 2 heterocycles. The molecule has 0 unspecified atom stereocenters. The molecule has 1 aliphatic rings. The van der Waals surface area contributed by atoms with E-state index in [0.717, 1.165) is 55.8 Å². The van der Waals surface area contributed by atoms with Crippen LogP contribution in [0.2, 0.25) is 0 Å². The van der Waals surface area contributed by atoms with Gasteiger partial charge in [0, 0.05) is 44.2 Å². The second-order valence-corrected chi connectivity index (χ2v) is 18.4. The number of hydrogen-bond donors (Lipinski definition) is 0. The van der Waals surface area contributed by atoms with Crippen molar-refractivity contribution >= 4 is 60.8 Å². The highest BCUT2D eigenvalue weighted by molar-refractivity contribution is 6.16. The summed E-state index contributed by atoms with van der Waals surface area (Å²) in [6.07, 6.45) is 0. The maximum absolute atomic E-state index is 7.42. The molecule has 0 N–H and O–H groups in total. The Morgan fingerprint density at radius 1 is 0.343 bits per heavy atom. The van der Waals surface area contributed by atoms with Gasteiger partial charge in [0.2, 0.25) is 0 Å². The summed E-state index contributed by atoms with van der Waals surface area (Å²) in [5.74, 6) is 0. The number of fused-ring (bicyclic) bond motifs is 10. The van der Waals surface area contributed by atoms with Gasteiger partial charge < -0.3 is 13.9 Å². The zero-order valence-electron chi connectivity index (χ0n) is 38.2. The number of hydrogen-bond acceptors (Lipinski definition) is 2. The Labute approximate surface area is 406 Å². The van der Waals surface area contributed by atoms with Gasteiger partial charge in [0.05, 0.1) is 22.1 Å². The van der Waals surface area contributed by atoms with Gasteiger partial charge in [-0.25, -0.2) is 0 Å². The first-order valence-electron chi connectivity index (χ1n) is 24.1. The second-order valence-electron chi connectivity index (χ2n) is 18.4. The van der Waals surface area contributed by atoms with Gasteiger partial charge in [-0.15, -0.1) is 0 Å². The summed E-state index contributed by atoms with van der Waals surface area (Å²) in [7, 11) is 0. The summed E-state index contributed by atoms with van der Waals surface area (Å²) < 4.78 is 9.79. The maximum Gasteiger partial charge on any atom is 0.159 e. The van der Waals surface area contributed by atoms with Crippen molar-refractivity contribution in [2.75, 3.05) is 4.90 Å². The van der Waals surface area contributed by atoms with Crippen LogP contribution in [0.1, 0.15) is 22.3 Å². The Morgan fingerprint density at radius 3 is 1.57 bits per heavy atom.